The molecule has 0 aliphatic carbocycles. The maximum Gasteiger partial charge on any atom is 0.0273 e. The Labute approximate surface area is 79.8 Å². The van der Waals surface area contributed by atoms with Crippen LogP contribution < -0.4 is 0 Å². The summed E-state index contributed by atoms with van der Waals surface area (Å²) in [6.07, 6.45) is 11.1. The van der Waals surface area contributed by atoms with Crippen LogP contribution in [0.15, 0.2) is 42.8 Å². The zero-order chi connectivity index (χ0) is 9.52. The van der Waals surface area contributed by atoms with Gasteiger partial charge in [0.15, 0.2) is 0 Å². The van der Waals surface area contributed by atoms with E-state index in [9.17, 15) is 0 Å². The van der Waals surface area contributed by atoms with Crippen LogP contribution in [-0.4, -0.2) is 4.98 Å². The molecule has 1 heterocycles. The molecule has 0 aliphatic rings. The van der Waals surface area contributed by atoms with Gasteiger partial charge in [0.25, 0.3) is 0 Å². The van der Waals surface area contributed by atoms with Crippen molar-refractivity contribution in [3.05, 3.63) is 48.3 Å². The van der Waals surface area contributed by atoms with Gasteiger partial charge >= 0.3 is 0 Å². The third-order valence-electron chi connectivity index (χ3n) is 1.78. The SMILES string of the molecule is CC=CC(=CCC)c1ccncc1. The monoisotopic (exact) mass is 173 g/mol. The first-order chi connectivity index (χ1) is 6.38. The van der Waals surface area contributed by atoms with E-state index in [-0.39, 0.29) is 0 Å². The number of hydrogen-bond acceptors (Lipinski definition) is 1. The summed E-state index contributed by atoms with van der Waals surface area (Å²) in [6.45, 7) is 4.18. The quantitative estimate of drug-likeness (QED) is 0.638. The van der Waals surface area contributed by atoms with Crippen LogP contribution in [0.2, 0.25) is 0 Å². The molecule has 0 saturated carbocycles. The predicted octanol–water partition coefficient (Wildman–Crippen LogP) is 3.45. The summed E-state index contributed by atoms with van der Waals surface area (Å²) in [5, 5.41) is 0. The van der Waals surface area contributed by atoms with Crippen LogP contribution in [-0.2, 0) is 0 Å². The van der Waals surface area contributed by atoms with Crippen molar-refractivity contribution in [2.75, 3.05) is 0 Å². The minimum Gasteiger partial charge on any atom is -0.265 e. The van der Waals surface area contributed by atoms with Crippen LogP contribution in [0.25, 0.3) is 5.57 Å². The van der Waals surface area contributed by atoms with Crippen molar-refractivity contribution < 1.29 is 0 Å². The minimum absolute atomic E-state index is 1.06. The second-order valence-electron chi connectivity index (χ2n) is 2.80. The Hall–Kier alpha value is -1.37. The molecule has 13 heavy (non-hydrogen) atoms. The van der Waals surface area contributed by atoms with Crippen molar-refractivity contribution in [1.29, 1.82) is 0 Å². The van der Waals surface area contributed by atoms with Crippen molar-refractivity contribution in [2.45, 2.75) is 20.3 Å². The lowest BCUT2D eigenvalue weighted by atomic mass is 10.1. The van der Waals surface area contributed by atoms with Crippen molar-refractivity contribution in [3.8, 4) is 0 Å². The smallest absolute Gasteiger partial charge is 0.0273 e. The molecule has 0 bridgehead atoms. The van der Waals surface area contributed by atoms with Gasteiger partial charge < -0.3 is 0 Å². The topological polar surface area (TPSA) is 12.9 Å². The van der Waals surface area contributed by atoms with E-state index in [0.717, 1.165) is 6.42 Å². The number of hydrogen-bond donors (Lipinski definition) is 0. The highest BCUT2D eigenvalue weighted by Gasteiger charge is 1.94. The highest BCUT2D eigenvalue weighted by atomic mass is 14.6. The number of aromatic nitrogens is 1. The second-order valence-corrected chi connectivity index (χ2v) is 2.80. The van der Waals surface area contributed by atoms with Crippen LogP contribution in [0.1, 0.15) is 25.8 Å². The van der Waals surface area contributed by atoms with Gasteiger partial charge in [-0.15, -0.1) is 0 Å². The lowest BCUT2D eigenvalue weighted by Gasteiger charge is -2.00. The Kier molecular flexibility index (Phi) is 3.97. The van der Waals surface area contributed by atoms with Gasteiger partial charge in [0.05, 0.1) is 0 Å². The maximum absolute atomic E-state index is 4.00. The van der Waals surface area contributed by atoms with Gasteiger partial charge in [-0.05, 0) is 36.6 Å². The molecule has 1 rings (SSSR count). The van der Waals surface area contributed by atoms with Gasteiger partial charge in [-0.3, -0.25) is 4.98 Å². The predicted molar refractivity (Wildman–Crippen MR) is 57.3 cm³/mol. The molecule has 1 heteroatoms. The molecule has 0 atom stereocenters. The average molecular weight is 173 g/mol. The molecule has 0 N–H and O–H groups in total. The summed E-state index contributed by atoms with van der Waals surface area (Å²) in [6, 6.07) is 4.06. The molecule has 0 amide bonds. The Balaban J connectivity index is 2.96. The van der Waals surface area contributed by atoms with Crippen molar-refractivity contribution in [1.82, 2.24) is 4.98 Å². The van der Waals surface area contributed by atoms with E-state index < -0.39 is 0 Å². The molecule has 1 nitrogen and oxygen atoms in total. The highest BCUT2D eigenvalue weighted by Crippen LogP contribution is 2.15. The van der Waals surface area contributed by atoms with E-state index in [1.807, 2.05) is 31.5 Å². The summed E-state index contributed by atoms with van der Waals surface area (Å²) in [7, 11) is 0. The molecule has 0 aliphatic heterocycles. The van der Waals surface area contributed by atoms with Gasteiger partial charge in [-0.2, -0.15) is 0 Å². The summed E-state index contributed by atoms with van der Waals surface area (Å²) in [4.78, 5) is 4.00. The maximum atomic E-state index is 4.00. The Morgan fingerprint density at radius 3 is 2.62 bits per heavy atom. The van der Waals surface area contributed by atoms with Crippen LogP contribution in [0.3, 0.4) is 0 Å². The van der Waals surface area contributed by atoms with E-state index in [1.165, 1.54) is 11.1 Å². The average Bonchev–Trinajstić information content (AvgIpc) is 2.19. The molecule has 0 spiro atoms. The van der Waals surface area contributed by atoms with Crippen LogP contribution in [0.4, 0.5) is 0 Å². The zero-order valence-electron chi connectivity index (χ0n) is 8.20. The molecule has 1 aromatic heterocycles. The van der Waals surface area contributed by atoms with E-state index in [2.05, 4.69) is 30.1 Å². The number of nitrogens with zero attached hydrogens (tertiary/aromatic N) is 1. The van der Waals surface area contributed by atoms with E-state index >= 15 is 0 Å². The van der Waals surface area contributed by atoms with Gasteiger partial charge in [0, 0.05) is 12.4 Å². The van der Waals surface area contributed by atoms with E-state index in [4.69, 9.17) is 0 Å². The molecule has 0 unspecified atom stereocenters. The van der Waals surface area contributed by atoms with Gasteiger partial charge in [-0.25, -0.2) is 0 Å². The molecular formula is C12H15N. The standard InChI is InChI=1S/C12H15N/c1-3-5-11(6-4-2)12-7-9-13-10-8-12/h3,5-10H,4H2,1-2H3. The Bertz CT molecular complexity index is 296. The fourth-order valence-electron chi connectivity index (χ4n) is 1.23. The fraction of sp³-hybridized carbons (Fsp3) is 0.250. The molecule has 68 valence electrons. The molecule has 0 saturated heterocycles. The number of rotatable bonds is 3. The molecule has 0 fully saturated rings. The van der Waals surface area contributed by atoms with Gasteiger partial charge in [0.2, 0.25) is 0 Å². The first-order valence-electron chi connectivity index (χ1n) is 4.61. The summed E-state index contributed by atoms with van der Waals surface area (Å²) in [5.41, 5.74) is 2.50. The largest absolute Gasteiger partial charge is 0.265 e. The second kappa shape index (κ2) is 5.31. The lowest BCUT2D eigenvalue weighted by Crippen LogP contribution is -1.81. The van der Waals surface area contributed by atoms with Crippen LogP contribution >= 0.6 is 0 Å². The van der Waals surface area contributed by atoms with Crippen molar-refractivity contribution in [3.63, 3.8) is 0 Å². The molecule has 0 aromatic carbocycles. The first kappa shape index (κ1) is 9.72. The van der Waals surface area contributed by atoms with E-state index in [0.29, 0.717) is 0 Å². The Morgan fingerprint density at radius 1 is 1.38 bits per heavy atom. The van der Waals surface area contributed by atoms with Crippen LogP contribution in [0, 0.1) is 0 Å². The molecular weight excluding hydrogens is 158 g/mol. The summed E-state index contributed by atoms with van der Waals surface area (Å²) < 4.78 is 0. The normalized spacial score (nSPS) is 12.3. The molecule has 0 radical (unpaired) electrons. The minimum atomic E-state index is 1.06. The Morgan fingerprint density at radius 2 is 2.08 bits per heavy atom. The van der Waals surface area contributed by atoms with Gasteiger partial charge in [-0.1, -0.05) is 25.2 Å². The van der Waals surface area contributed by atoms with Crippen molar-refractivity contribution >= 4 is 5.57 Å². The third-order valence-corrected chi connectivity index (χ3v) is 1.78. The zero-order valence-corrected chi connectivity index (χ0v) is 8.20. The van der Waals surface area contributed by atoms with Gasteiger partial charge in [0.1, 0.15) is 0 Å². The number of pyridine rings is 1. The highest BCUT2D eigenvalue weighted by molar-refractivity contribution is 5.73. The summed E-state index contributed by atoms with van der Waals surface area (Å²) >= 11 is 0. The van der Waals surface area contributed by atoms with Crippen molar-refractivity contribution in [2.24, 2.45) is 0 Å². The van der Waals surface area contributed by atoms with E-state index in [1.54, 1.807) is 0 Å². The summed E-state index contributed by atoms with van der Waals surface area (Å²) in [5.74, 6) is 0. The number of allylic oxidation sites excluding steroid dienone is 4. The molecule has 1 aromatic rings. The van der Waals surface area contributed by atoms with Crippen LogP contribution in [0.5, 0.6) is 0 Å². The fourth-order valence-corrected chi connectivity index (χ4v) is 1.23. The first-order valence-corrected chi connectivity index (χ1v) is 4.61. The third kappa shape index (κ3) is 2.86. The lowest BCUT2D eigenvalue weighted by molar-refractivity contribution is 1.22.